The maximum atomic E-state index is 10.8. The molecule has 0 aliphatic carbocycles. The topological polar surface area (TPSA) is 59.0 Å². The lowest BCUT2D eigenvalue weighted by atomic mass is 10.3. The molecule has 0 spiro atoms. The second-order valence-corrected chi connectivity index (χ2v) is 3.52. The number of carboxylic acids is 1. The van der Waals surface area contributed by atoms with E-state index in [0.29, 0.717) is 13.1 Å². The van der Waals surface area contributed by atoms with Gasteiger partial charge in [-0.1, -0.05) is 0 Å². The molecule has 14 heavy (non-hydrogen) atoms. The molecule has 0 radical (unpaired) electrons. The first-order valence-electron chi connectivity index (χ1n) is 4.62. The van der Waals surface area contributed by atoms with E-state index in [1.807, 2.05) is 4.90 Å². The minimum Gasteiger partial charge on any atom is -0.480 e. The molecule has 0 bridgehead atoms. The van der Waals surface area contributed by atoms with Gasteiger partial charge in [-0.05, 0) is 6.92 Å². The highest BCUT2D eigenvalue weighted by atomic mass is 16.5. The van der Waals surface area contributed by atoms with Gasteiger partial charge in [0, 0.05) is 27.3 Å². The van der Waals surface area contributed by atoms with E-state index >= 15 is 0 Å². The van der Waals surface area contributed by atoms with Gasteiger partial charge in [0.2, 0.25) is 0 Å². The van der Waals surface area contributed by atoms with Crippen molar-refractivity contribution in [2.24, 2.45) is 0 Å². The van der Waals surface area contributed by atoms with Crippen LogP contribution in [0, 0.1) is 0 Å². The summed E-state index contributed by atoms with van der Waals surface area (Å²) in [6.07, 6.45) is -0.0522. The first-order chi connectivity index (χ1) is 6.60. The number of hydrogen-bond acceptors (Lipinski definition) is 4. The Morgan fingerprint density at radius 1 is 1.36 bits per heavy atom. The predicted octanol–water partition coefficient (Wildman–Crippen LogP) is -0.195. The first kappa shape index (κ1) is 11.4. The molecule has 5 heteroatoms. The van der Waals surface area contributed by atoms with E-state index in [0.717, 1.165) is 0 Å². The molecule has 0 aromatic rings. The van der Waals surface area contributed by atoms with Gasteiger partial charge < -0.3 is 14.6 Å². The van der Waals surface area contributed by atoms with Gasteiger partial charge >= 0.3 is 5.97 Å². The van der Waals surface area contributed by atoms with Gasteiger partial charge in [0.05, 0.1) is 12.2 Å². The van der Waals surface area contributed by atoms with Crippen LogP contribution in [0.3, 0.4) is 0 Å². The number of carboxylic acid groups (broad SMARTS) is 1. The number of hydrogen-bond donors (Lipinski definition) is 1. The quantitative estimate of drug-likeness (QED) is 0.686. The monoisotopic (exact) mass is 203 g/mol. The predicted molar refractivity (Wildman–Crippen MR) is 50.3 cm³/mol. The van der Waals surface area contributed by atoms with Crippen LogP contribution in [0.1, 0.15) is 6.92 Å². The Kier molecular flexibility index (Phi) is 3.86. The summed E-state index contributed by atoms with van der Waals surface area (Å²) in [5.74, 6) is -0.809. The Balaban J connectivity index is 2.56. The summed E-state index contributed by atoms with van der Waals surface area (Å²) in [5.41, 5.74) is 0. The lowest BCUT2D eigenvalue weighted by Gasteiger charge is -2.19. The molecule has 3 atom stereocenters. The maximum absolute atomic E-state index is 10.8. The van der Waals surface area contributed by atoms with E-state index < -0.39 is 12.0 Å². The summed E-state index contributed by atoms with van der Waals surface area (Å²) in [4.78, 5) is 12.6. The molecular weight excluding hydrogens is 186 g/mol. The van der Waals surface area contributed by atoms with Crippen LogP contribution < -0.4 is 0 Å². The van der Waals surface area contributed by atoms with Crippen molar-refractivity contribution in [2.45, 2.75) is 25.2 Å². The molecule has 1 rings (SSSR count). The second-order valence-electron chi connectivity index (χ2n) is 3.52. The number of likely N-dealkylation sites (tertiary alicyclic amines) is 1. The SMILES string of the molecule is CO[C@H]1CN([C@@H](C)C(=O)O)C[C@H]1OC. The summed E-state index contributed by atoms with van der Waals surface area (Å²) >= 11 is 0. The van der Waals surface area contributed by atoms with Crippen LogP contribution in [0.2, 0.25) is 0 Å². The summed E-state index contributed by atoms with van der Waals surface area (Å²) in [5, 5.41) is 8.84. The molecule has 0 aromatic carbocycles. The van der Waals surface area contributed by atoms with Crippen LogP contribution >= 0.6 is 0 Å². The third-order valence-electron chi connectivity index (χ3n) is 2.75. The van der Waals surface area contributed by atoms with E-state index in [9.17, 15) is 4.79 Å². The minimum atomic E-state index is -0.809. The van der Waals surface area contributed by atoms with E-state index in [1.165, 1.54) is 0 Å². The Morgan fingerprint density at radius 3 is 2.07 bits per heavy atom. The van der Waals surface area contributed by atoms with Gasteiger partial charge in [-0.3, -0.25) is 9.69 Å². The zero-order valence-corrected chi connectivity index (χ0v) is 8.77. The normalized spacial score (nSPS) is 30.5. The Morgan fingerprint density at radius 2 is 1.79 bits per heavy atom. The molecule has 0 saturated carbocycles. The Bertz CT molecular complexity index is 197. The van der Waals surface area contributed by atoms with Crippen LogP contribution in [-0.2, 0) is 14.3 Å². The summed E-state index contributed by atoms with van der Waals surface area (Å²) in [6, 6.07) is -0.479. The zero-order valence-electron chi connectivity index (χ0n) is 8.77. The van der Waals surface area contributed by atoms with Crippen molar-refractivity contribution in [1.82, 2.24) is 4.90 Å². The molecule has 1 saturated heterocycles. The highest BCUT2D eigenvalue weighted by Crippen LogP contribution is 2.17. The van der Waals surface area contributed by atoms with Crippen molar-refractivity contribution in [3.05, 3.63) is 0 Å². The maximum Gasteiger partial charge on any atom is 0.320 e. The number of rotatable bonds is 4. The second kappa shape index (κ2) is 4.72. The number of ether oxygens (including phenoxy) is 2. The van der Waals surface area contributed by atoms with E-state index in [1.54, 1.807) is 21.1 Å². The summed E-state index contributed by atoms with van der Waals surface area (Å²) < 4.78 is 10.4. The Labute approximate surface area is 83.6 Å². The van der Waals surface area contributed by atoms with Crippen LogP contribution in [0.5, 0.6) is 0 Å². The molecule has 1 fully saturated rings. The lowest BCUT2D eigenvalue weighted by Crippen LogP contribution is -2.38. The summed E-state index contributed by atoms with van der Waals surface area (Å²) in [6.45, 7) is 2.90. The van der Waals surface area contributed by atoms with Gasteiger partial charge in [0.25, 0.3) is 0 Å². The van der Waals surface area contributed by atoms with Crippen LogP contribution in [0.25, 0.3) is 0 Å². The smallest absolute Gasteiger partial charge is 0.320 e. The van der Waals surface area contributed by atoms with Gasteiger partial charge in [0.15, 0.2) is 0 Å². The van der Waals surface area contributed by atoms with Crippen molar-refractivity contribution in [3.63, 3.8) is 0 Å². The molecule has 0 unspecified atom stereocenters. The molecule has 1 aliphatic heterocycles. The fourth-order valence-electron chi connectivity index (χ4n) is 1.70. The minimum absolute atomic E-state index is 0.0261. The van der Waals surface area contributed by atoms with Crippen LogP contribution in [-0.4, -0.2) is 61.5 Å². The average molecular weight is 203 g/mol. The van der Waals surface area contributed by atoms with E-state index in [4.69, 9.17) is 14.6 Å². The molecule has 82 valence electrons. The largest absolute Gasteiger partial charge is 0.480 e. The van der Waals surface area contributed by atoms with Gasteiger partial charge in [-0.25, -0.2) is 0 Å². The van der Waals surface area contributed by atoms with Crippen molar-refractivity contribution >= 4 is 5.97 Å². The van der Waals surface area contributed by atoms with Crippen LogP contribution in [0.4, 0.5) is 0 Å². The third kappa shape index (κ3) is 2.23. The first-order valence-corrected chi connectivity index (χ1v) is 4.62. The number of methoxy groups -OCH3 is 2. The highest BCUT2D eigenvalue weighted by molar-refractivity contribution is 5.72. The lowest BCUT2D eigenvalue weighted by molar-refractivity contribution is -0.142. The van der Waals surface area contributed by atoms with Crippen LogP contribution in [0.15, 0.2) is 0 Å². The molecule has 1 heterocycles. The van der Waals surface area contributed by atoms with Crippen molar-refractivity contribution < 1.29 is 19.4 Å². The van der Waals surface area contributed by atoms with Crippen molar-refractivity contribution in [1.29, 1.82) is 0 Å². The third-order valence-corrected chi connectivity index (χ3v) is 2.75. The molecule has 0 aromatic heterocycles. The van der Waals surface area contributed by atoms with Gasteiger partial charge in [0.1, 0.15) is 6.04 Å². The average Bonchev–Trinajstić information content (AvgIpc) is 2.59. The molecule has 1 N–H and O–H groups in total. The highest BCUT2D eigenvalue weighted by Gasteiger charge is 2.37. The number of aliphatic carboxylic acids is 1. The molecular formula is C9H17NO4. The standard InChI is InChI=1S/C9H17NO4/c1-6(9(11)12)10-4-7(13-2)8(5-10)14-3/h6-8H,4-5H2,1-3H3,(H,11,12)/t6-,7-,8+/m0/s1. The zero-order chi connectivity index (χ0) is 10.7. The van der Waals surface area contributed by atoms with Crippen molar-refractivity contribution in [3.8, 4) is 0 Å². The number of carbonyl (C=O) groups is 1. The number of nitrogens with zero attached hydrogens (tertiary/aromatic N) is 1. The van der Waals surface area contributed by atoms with E-state index in [-0.39, 0.29) is 12.2 Å². The fraction of sp³-hybridized carbons (Fsp3) is 0.889. The van der Waals surface area contributed by atoms with Gasteiger partial charge in [-0.2, -0.15) is 0 Å². The molecule has 5 nitrogen and oxygen atoms in total. The molecule has 0 amide bonds. The van der Waals surface area contributed by atoms with Gasteiger partial charge in [-0.15, -0.1) is 0 Å². The Hall–Kier alpha value is -0.650. The van der Waals surface area contributed by atoms with E-state index in [2.05, 4.69) is 0 Å². The summed E-state index contributed by atoms with van der Waals surface area (Å²) in [7, 11) is 3.23. The molecule has 1 aliphatic rings. The van der Waals surface area contributed by atoms with Crippen molar-refractivity contribution in [2.75, 3.05) is 27.3 Å². The fourth-order valence-corrected chi connectivity index (χ4v) is 1.70.